The van der Waals surface area contributed by atoms with Crippen molar-refractivity contribution in [1.29, 1.82) is 0 Å². The minimum absolute atomic E-state index is 0.00690. The maximum absolute atomic E-state index is 13.1. The van der Waals surface area contributed by atoms with Crippen LogP contribution in [-0.4, -0.2) is 55.4 Å². The smallest absolute Gasteiger partial charge is 0.269 e. The molecular weight excluding hydrogens is 490 g/mol. The van der Waals surface area contributed by atoms with Gasteiger partial charge in [-0.25, -0.2) is 8.42 Å². The Morgan fingerprint density at radius 3 is 2.46 bits per heavy atom. The van der Waals surface area contributed by atoms with E-state index in [4.69, 9.17) is 9.84 Å². The second kappa shape index (κ2) is 10.7. The molecule has 1 saturated heterocycles. The third kappa shape index (κ3) is 5.98. The van der Waals surface area contributed by atoms with Crippen molar-refractivity contribution >= 4 is 21.5 Å². The molecule has 0 bridgehead atoms. The van der Waals surface area contributed by atoms with E-state index in [1.165, 1.54) is 12.1 Å². The molecular formula is C28H39N3O5S. The number of aromatic nitrogens is 2. The van der Waals surface area contributed by atoms with Crippen molar-refractivity contribution in [2.75, 3.05) is 25.5 Å². The Morgan fingerprint density at radius 1 is 1.16 bits per heavy atom. The van der Waals surface area contributed by atoms with Crippen LogP contribution in [0, 0.1) is 10.8 Å². The molecule has 4 rings (SSSR count). The van der Waals surface area contributed by atoms with E-state index in [1.54, 1.807) is 19.1 Å². The zero-order valence-corrected chi connectivity index (χ0v) is 23.2. The monoisotopic (exact) mass is 529 g/mol. The lowest BCUT2D eigenvalue weighted by atomic mass is 9.74. The number of carbonyl (C=O) groups is 2. The third-order valence-corrected chi connectivity index (χ3v) is 9.72. The number of amides is 1. The Balaban J connectivity index is 1.50. The summed E-state index contributed by atoms with van der Waals surface area (Å²) in [7, 11) is -3.29. The van der Waals surface area contributed by atoms with Gasteiger partial charge < -0.3 is 10.1 Å². The number of ketones is 1. The summed E-state index contributed by atoms with van der Waals surface area (Å²) in [5, 5.41) is 8.02. The first kappa shape index (κ1) is 27.5. The zero-order chi connectivity index (χ0) is 26.8. The second-order valence-electron chi connectivity index (χ2n) is 11.3. The Labute approximate surface area is 220 Å². The first-order valence-corrected chi connectivity index (χ1v) is 14.9. The highest BCUT2D eigenvalue weighted by atomic mass is 32.2. The molecule has 8 nitrogen and oxygen atoms in total. The third-order valence-electron chi connectivity index (χ3n) is 7.97. The largest absolute Gasteiger partial charge is 0.381 e. The van der Waals surface area contributed by atoms with Gasteiger partial charge in [-0.2, -0.15) is 5.10 Å². The molecule has 1 aromatic heterocycles. The van der Waals surface area contributed by atoms with Gasteiger partial charge in [0.05, 0.1) is 16.3 Å². The fourth-order valence-corrected chi connectivity index (χ4v) is 6.34. The summed E-state index contributed by atoms with van der Waals surface area (Å²) in [6.45, 7) is 10.6. The van der Waals surface area contributed by atoms with Crippen molar-refractivity contribution in [1.82, 2.24) is 15.1 Å². The molecule has 1 amide bonds. The number of hydrogen-bond acceptors (Lipinski definition) is 6. The molecule has 0 atom stereocenters. The highest BCUT2D eigenvalue weighted by Gasteiger charge is 2.40. The first-order valence-electron chi connectivity index (χ1n) is 13.3. The maximum atomic E-state index is 13.1. The van der Waals surface area contributed by atoms with Crippen LogP contribution in [0.3, 0.4) is 0 Å². The lowest BCUT2D eigenvalue weighted by Gasteiger charge is -2.36. The summed E-state index contributed by atoms with van der Waals surface area (Å²) in [6, 6.07) is 6.24. The average Bonchev–Trinajstić information content (AvgIpc) is 3.15. The maximum Gasteiger partial charge on any atom is 0.269 e. The summed E-state index contributed by atoms with van der Waals surface area (Å²) in [5.74, 6) is -0.0322. The van der Waals surface area contributed by atoms with E-state index < -0.39 is 9.84 Å². The highest BCUT2D eigenvalue weighted by Crippen LogP contribution is 2.39. The molecule has 202 valence electrons. The minimum Gasteiger partial charge on any atom is -0.381 e. The molecule has 1 spiro atoms. The van der Waals surface area contributed by atoms with Gasteiger partial charge in [0.15, 0.2) is 15.6 Å². The van der Waals surface area contributed by atoms with Gasteiger partial charge in [0, 0.05) is 43.9 Å². The van der Waals surface area contributed by atoms with Crippen LogP contribution >= 0.6 is 0 Å². The van der Waals surface area contributed by atoms with E-state index >= 15 is 0 Å². The predicted octanol–water partition coefficient (Wildman–Crippen LogP) is 4.01. The van der Waals surface area contributed by atoms with Crippen LogP contribution < -0.4 is 5.32 Å². The first-order chi connectivity index (χ1) is 17.5. The van der Waals surface area contributed by atoms with E-state index in [0.29, 0.717) is 56.8 Å². The Kier molecular flexibility index (Phi) is 7.95. The predicted molar refractivity (Wildman–Crippen MR) is 142 cm³/mol. The Hall–Kier alpha value is -2.52. The number of fused-ring (bicyclic) bond motifs is 1. The van der Waals surface area contributed by atoms with E-state index in [0.717, 1.165) is 30.5 Å². The van der Waals surface area contributed by atoms with Crippen LogP contribution in [0.1, 0.15) is 85.5 Å². The number of sulfone groups is 1. The van der Waals surface area contributed by atoms with E-state index in [-0.39, 0.29) is 33.2 Å². The van der Waals surface area contributed by atoms with Crippen molar-refractivity contribution in [3.63, 3.8) is 0 Å². The lowest BCUT2D eigenvalue weighted by Crippen LogP contribution is -2.40. The molecule has 2 aromatic rings. The number of ether oxygens (including phenoxy) is 1. The van der Waals surface area contributed by atoms with Gasteiger partial charge in [0.2, 0.25) is 0 Å². The van der Waals surface area contributed by atoms with Crippen molar-refractivity contribution in [3.8, 4) is 0 Å². The SMILES string of the molecule is CCn1nc(CC(C)(C)CCC(=O)c2ccc(S(=O)(=O)CC)cc2)c2c1C(=O)NCC1(CCOCC1)C2. The van der Waals surface area contributed by atoms with Gasteiger partial charge in [-0.15, -0.1) is 0 Å². The van der Waals surface area contributed by atoms with E-state index in [2.05, 4.69) is 19.2 Å². The molecule has 0 radical (unpaired) electrons. The molecule has 2 aliphatic rings. The molecule has 0 unspecified atom stereocenters. The quantitative estimate of drug-likeness (QED) is 0.492. The zero-order valence-electron chi connectivity index (χ0n) is 22.4. The summed E-state index contributed by atoms with van der Waals surface area (Å²) in [5.41, 5.74) is 2.97. The number of aryl methyl sites for hydroxylation is 1. The average molecular weight is 530 g/mol. The minimum atomic E-state index is -3.29. The fraction of sp³-hybridized carbons (Fsp3) is 0.607. The van der Waals surface area contributed by atoms with E-state index in [9.17, 15) is 18.0 Å². The molecule has 2 aliphatic heterocycles. The van der Waals surface area contributed by atoms with Gasteiger partial charge in [-0.1, -0.05) is 32.9 Å². The number of carbonyl (C=O) groups excluding carboxylic acids is 2. The Morgan fingerprint density at radius 2 is 1.84 bits per heavy atom. The molecule has 1 N–H and O–H groups in total. The molecule has 37 heavy (non-hydrogen) atoms. The van der Waals surface area contributed by atoms with Crippen LogP contribution in [-0.2, 0) is 34.0 Å². The number of nitrogens with zero attached hydrogens (tertiary/aromatic N) is 2. The highest BCUT2D eigenvalue weighted by molar-refractivity contribution is 7.91. The van der Waals surface area contributed by atoms with Crippen molar-refractivity contribution in [3.05, 3.63) is 46.8 Å². The molecule has 0 aliphatic carbocycles. The van der Waals surface area contributed by atoms with Crippen LogP contribution in [0.5, 0.6) is 0 Å². The van der Waals surface area contributed by atoms with Crippen molar-refractivity contribution in [2.24, 2.45) is 10.8 Å². The van der Waals surface area contributed by atoms with Crippen molar-refractivity contribution < 1.29 is 22.7 Å². The standard InChI is InChI=1S/C28H39N3O5S/c1-5-31-25-22(17-28(19-29-26(25)33)13-15-36-16-14-28)23(30-31)18-27(3,4)12-11-24(32)20-7-9-21(10-8-20)37(34,35)6-2/h7-10H,5-6,11-19H2,1-4H3,(H,29,33). The topological polar surface area (TPSA) is 107 Å². The van der Waals surface area contributed by atoms with Gasteiger partial charge in [-0.3, -0.25) is 14.3 Å². The van der Waals surface area contributed by atoms with Crippen LogP contribution in [0.4, 0.5) is 0 Å². The summed E-state index contributed by atoms with van der Waals surface area (Å²) >= 11 is 0. The van der Waals surface area contributed by atoms with Gasteiger partial charge in [0.1, 0.15) is 5.69 Å². The summed E-state index contributed by atoms with van der Waals surface area (Å²) < 4.78 is 31.6. The lowest BCUT2D eigenvalue weighted by molar-refractivity contribution is 0.0160. The second-order valence-corrected chi connectivity index (χ2v) is 13.5. The van der Waals surface area contributed by atoms with Crippen LogP contribution in [0.15, 0.2) is 29.2 Å². The van der Waals surface area contributed by atoms with Crippen LogP contribution in [0.2, 0.25) is 0 Å². The molecule has 1 fully saturated rings. The normalized spacial score (nSPS) is 17.8. The van der Waals surface area contributed by atoms with E-state index in [1.807, 2.05) is 11.6 Å². The fourth-order valence-electron chi connectivity index (χ4n) is 5.46. The number of hydrogen-bond donors (Lipinski definition) is 1. The van der Waals surface area contributed by atoms with Crippen LogP contribution in [0.25, 0.3) is 0 Å². The van der Waals surface area contributed by atoms with Crippen molar-refractivity contribution in [2.45, 2.75) is 77.7 Å². The Bertz CT molecular complexity index is 1260. The number of nitrogens with one attached hydrogen (secondary N) is 1. The number of rotatable bonds is 9. The van der Waals surface area contributed by atoms with Gasteiger partial charge in [0.25, 0.3) is 5.91 Å². The number of Topliss-reactive ketones (excluding diaryl/α,β-unsaturated/α-hetero) is 1. The molecule has 9 heteroatoms. The summed E-state index contributed by atoms with van der Waals surface area (Å²) in [6.07, 6.45) is 4.31. The molecule has 0 saturated carbocycles. The molecule has 1 aromatic carbocycles. The molecule has 3 heterocycles. The van der Waals surface area contributed by atoms with Gasteiger partial charge >= 0.3 is 0 Å². The summed E-state index contributed by atoms with van der Waals surface area (Å²) in [4.78, 5) is 26.2. The number of benzene rings is 1. The van der Waals surface area contributed by atoms with Gasteiger partial charge in [-0.05, 0) is 62.0 Å².